The van der Waals surface area contributed by atoms with Crippen LogP contribution in [0.4, 0.5) is 0 Å². The molecule has 1 N–H and O–H groups in total. The molecule has 0 spiro atoms. The minimum atomic E-state index is -0.177. The smallest absolute Gasteiger partial charge is 0.217 e. The maximum atomic E-state index is 11.7. The van der Waals surface area contributed by atoms with Crippen molar-refractivity contribution in [3.05, 3.63) is 34.9 Å². The molecule has 1 aliphatic carbocycles. The Morgan fingerprint density at radius 1 is 1.42 bits per heavy atom. The Kier molecular flexibility index (Phi) is 3.68. The number of benzene rings is 1. The van der Waals surface area contributed by atoms with E-state index in [-0.39, 0.29) is 29.0 Å². The Labute approximate surface area is 118 Å². The SMILES string of the molecule is CC(=O)NC1Cc2ccc(C(=O)CCl)cc2C1(C)C. The predicted octanol–water partition coefficient (Wildman–Crippen LogP) is 2.45. The van der Waals surface area contributed by atoms with Crippen molar-refractivity contribution in [2.45, 2.75) is 38.6 Å². The Bertz CT molecular complexity index is 537. The monoisotopic (exact) mass is 279 g/mol. The van der Waals surface area contributed by atoms with Crippen molar-refractivity contribution in [1.29, 1.82) is 0 Å². The van der Waals surface area contributed by atoms with Crippen LogP contribution in [-0.4, -0.2) is 23.6 Å². The first-order chi connectivity index (χ1) is 8.86. The highest BCUT2D eigenvalue weighted by Gasteiger charge is 2.40. The molecule has 4 heteroatoms. The maximum Gasteiger partial charge on any atom is 0.217 e. The molecule has 19 heavy (non-hydrogen) atoms. The molecular formula is C15H18ClNO2. The molecule has 0 aliphatic heterocycles. The molecule has 1 atom stereocenters. The number of hydrogen-bond donors (Lipinski definition) is 1. The van der Waals surface area contributed by atoms with E-state index >= 15 is 0 Å². The van der Waals surface area contributed by atoms with Crippen molar-refractivity contribution in [1.82, 2.24) is 5.32 Å². The highest BCUT2D eigenvalue weighted by molar-refractivity contribution is 6.30. The molecule has 0 saturated heterocycles. The fourth-order valence-electron chi connectivity index (χ4n) is 2.74. The summed E-state index contributed by atoms with van der Waals surface area (Å²) in [5, 5.41) is 2.99. The van der Waals surface area contributed by atoms with Crippen molar-refractivity contribution in [3.63, 3.8) is 0 Å². The first-order valence-electron chi connectivity index (χ1n) is 6.36. The van der Waals surface area contributed by atoms with Gasteiger partial charge in [0.25, 0.3) is 0 Å². The minimum Gasteiger partial charge on any atom is -0.352 e. The van der Waals surface area contributed by atoms with Gasteiger partial charge in [-0.3, -0.25) is 9.59 Å². The molecule has 1 amide bonds. The highest BCUT2D eigenvalue weighted by atomic mass is 35.5. The molecule has 0 saturated carbocycles. The number of rotatable bonds is 3. The molecule has 1 aromatic rings. The number of halogens is 1. The van der Waals surface area contributed by atoms with Gasteiger partial charge in [-0.1, -0.05) is 26.0 Å². The summed E-state index contributed by atoms with van der Waals surface area (Å²) in [4.78, 5) is 23.0. The molecule has 1 aromatic carbocycles. The van der Waals surface area contributed by atoms with Crippen LogP contribution in [-0.2, 0) is 16.6 Å². The number of fused-ring (bicyclic) bond motifs is 1. The van der Waals surface area contributed by atoms with E-state index in [4.69, 9.17) is 11.6 Å². The number of carbonyl (C=O) groups is 2. The molecule has 3 nitrogen and oxygen atoms in total. The summed E-state index contributed by atoms with van der Waals surface area (Å²) < 4.78 is 0. The van der Waals surface area contributed by atoms with Crippen LogP contribution < -0.4 is 5.32 Å². The highest BCUT2D eigenvalue weighted by Crippen LogP contribution is 2.39. The summed E-state index contributed by atoms with van der Waals surface area (Å²) in [5.74, 6) is -0.0971. The number of nitrogens with one attached hydrogen (secondary N) is 1. The van der Waals surface area contributed by atoms with E-state index in [1.807, 2.05) is 18.2 Å². The summed E-state index contributed by atoms with van der Waals surface area (Å²) in [6.07, 6.45) is 0.803. The van der Waals surface area contributed by atoms with Gasteiger partial charge in [0, 0.05) is 23.9 Å². The molecule has 1 unspecified atom stereocenters. The Morgan fingerprint density at radius 3 is 2.68 bits per heavy atom. The second kappa shape index (κ2) is 4.97. The van der Waals surface area contributed by atoms with E-state index in [2.05, 4.69) is 19.2 Å². The van der Waals surface area contributed by atoms with Crippen LogP contribution in [0, 0.1) is 0 Å². The topological polar surface area (TPSA) is 46.2 Å². The molecule has 0 aromatic heterocycles. The largest absolute Gasteiger partial charge is 0.352 e. The third kappa shape index (κ3) is 2.52. The molecule has 0 heterocycles. The summed E-state index contributed by atoms with van der Waals surface area (Å²) in [5.41, 5.74) is 2.78. The molecular weight excluding hydrogens is 262 g/mol. The van der Waals surface area contributed by atoms with Gasteiger partial charge in [-0.05, 0) is 23.6 Å². The van der Waals surface area contributed by atoms with E-state index in [9.17, 15) is 9.59 Å². The minimum absolute atomic E-state index is 0.00562. The van der Waals surface area contributed by atoms with Crippen LogP contribution in [0.15, 0.2) is 18.2 Å². The number of amides is 1. The lowest BCUT2D eigenvalue weighted by Gasteiger charge is -2.28. The lowest BCUT2D eigenvalue weighted by Crippen LogP contribution is -2.44. The van der Waals surface area contributed by atoms with Gasteiger partial charge in [0.2, 0.25) is 5.91 Å². The number of Topliss-reactive ketones (excluding diaryl/α,β-unsaturated/α-hetero) is 1. The van der Waals surface area contributed by atoms with Crippen LogP contribution in [0.3, 0.4) is 0 Å². The fourth-order valence-corrected chi connectivity index (χ4v) is 2.90. The van der Waals surface area contributed by atoms with Crippen molar-refractivity contribution in [3.8, 4) is 0 Å². The first-order valence-corrected chi connectivity index (χ1v) is 6.89. The van der Waals surface area contributed by atoms with Gasteiger partial charge in [-0.25, -0.2) is 0 Å². The molecule has 1 aliphatic rings. The third-order valence-electron chi connectivity index (χ3n) is 3.92. The van der Waals surface area contributed by atoms with Crippen molar-refractivity contribution in [2.24, 2.45) is 0 Å². The van der Waals surface area contributed by atoms with Gasteiger partial charge in [-0.15, -0.1) is 11.6 Å². The van der Waals surface area contributed by atoms with E-state index in [0.717, 1.165) is 12.0 Å². The van der Waals surface area contributed by atoms with Gasteiger partial charge in [-0.2, -0.15) is 0 Å². The number of carbonyl (C=O) groups excluding carboxylic acids is 2. The Balaban J connectivity index is 2.38. The molecule has 0 radical (unpaired) electrons. The van der Waals surface area contributed by atoms with E-state index in [1.165, 1.54) is 12.5 Å². The lowest BCUT2D eigenvalue weighted by atomic mass is 9.82. The number of alkyl halides is 1. The zero-order chi connectivity index (χ0) is 14.2. The quantitative estimate of drug-likeness (QED) is 0.682. The zero-order valence-corrected chi connectivity index (χ0v) is 12.2. The molecule has 0 bridgehead atoms. The lowest BCUT2D eigenvalue weighted by molar-refractivity contribution is -0.120. The zero-order valence-electron chi connectivity index (χ0n) is 11.4. The van der Waals surface area contributed by atoms with Gasteiger partial charge >= 0.3 is 0 Å². The number of ketones is 1. The summed E-state index contributed by atoms with van der Waals surface area (Å²) in [6.45, 7) is 5.71. The van der Waals surface area contributed by atoms with E-state index in [0.29, 0.717) is 5.56 Å². The normalized spacial score (nSPS) is 19.9. The van der Waals surface area contributed by atoms with Crippen molar-refractivity contribution >= 4 is 23.3 Å². The summed E-state index contributed by atoms with van der Waals surface area (Å²) in [7, 11) is 0. The van der Waals surface area contributed by atoms with Gasteiger partial charge in [0.1, 0.15) is 0 Å². The summed E-state index contributed by atoms with van der Waals surface area (Å²) >= 11 is 5.60. The standard InChI is InChI=1S/C15H18ClNO2/c1-9(18)17-14-7-10-4-5-11(13(19)8-16)6-12(10)15(14,2)3/h4-6,14H,7-8H2,1-3H3,(H,17,18). The molecule has 102 valence electrons. The average molecular weight is 280 g/mol. The van der Waals surface area contributed by atoms with E-state index < -0.39 is 0 Å². The van der Waals surface area contributed by atoms with Crippen molar-refractivity contribution < 1.29 is 9.59 Å². The Morgan fingerprint density at radius 2 is 2.11 bits per heavy atom. The third-order valence-corrected chi connectivity index (χ3v) is 4.16. The van der Waals surface area contributed by atoms with Crippen molar-refractivity contribution in [2.75, 3.05) is 5.88 Å². The molecule has 0 fully saturated rings. The number of hydrogen-bond acceptors (Lipinski definition) is 2. The van der Waals surface area contributed by atoms with Gasteiger partial charge < -0.3 is 5.32 Å². The van der Waals surface area contributed by atoms with Gasteiger partial charge in [0.05, 0.1) is 5.88 Å². The predicted molar refractivity (Wildman–Crippen MR) is 75.8 cm³/mol. The second-order valence-electron chi connectivity index (χ2n) is 5.61. The molecule has 2 rings (SSSR count). The van der Waals surface area contributed by atoms with Crippen LogP contribution in [0.25, 0.3) is 0 Å². The average Bonchev–Trinajstić information content (AvgIpc) is 2.59. The summed E-state index contributed by atoms with van der Waals surface area (Å²) in [6, 6.07) is 5.78. The van der Waals surface area contributed by atoms with Crippen LogP contribution in [0.1, 0.15) is 42.3 Å². The first kappa shape index (κ1) is 14.1. The van der Waals surface area contributed by atoms with Crippen LogP contribution in [0.5, 0.6) is 0 Å². The Hall–Kier alpha value is -1.35. The fraction of sp³-hybridized carbons (Fsp3) is 0.467. The maximum absolute atomic E-state index is 11.7. The second-order valence-corrected chi connectivity index (χ2v) is 5.87. The van der Waals surface area contributed by atoms with Crippen LogP contribution in [0.2, 0.25) is 0 Å². The van der Waals surface area contributed by atoms with E-state index in [1.54, 1.807) is 0 Å². The van der Waals surface area contributed by atoms with Gasteiger partial charge in [0.15, 0.2) is 5.78 Å². The van der Waals surface area contributed by atoms with Crippen LogP contribution >= 0.6 is 11.6 Å².